The average Bonchev–Trinajstić information content (AvgIpc) is 2.68. The predicted molar refractivity (Wildman–Crippen MR) is 77.4 cm³/mol. The van der Waals surface area contributed by atoms with Crippen LogP contribution in [0.25, 0.3) is 0 Å². The summed E-state index contributed by atoms with van der Waals surface area (Å²) in [4.78, 5) is 14.3. The van der Waals surface area contributed by atoms with E-state index in [1.165, 1.54) is 0 Å². The summed E-state index contributed by atoms with van der Waals surface area (Å²) in [5.41, 5.74) is 7.89. The Labute approximate surface area is 114 Å². The normalized spacial score (nSPS) is 22.6. The second kappa shape index (κ2) is 5.51. The molecule has 1 aliphatic rings. The Balaban J connectivity index is 2.37. The predicted octanol–water partition coefficient (Wildman–Crippen LogP) is 2.68. The Bertz CT molecular complexity index is 473. The highest BCUT2D eigenvalue weighted by atomic mass is 16.5. The van der Waals surface area contributed by atoms with E-state index >= 15 is 0 Å². The lowest BCUT2D eigenvalue weighted by atomic mass is 10.1. The van der Waals surface area contributed by atoms with Crippen LogP contribution in [-0.2, 0) is 4.74 Å². The summed E-state index contributed by atoms with van der Waals surface area (Å²) >= 11 is 0. The third-order valence-electron chi connectivity index (χ3n) is 3.61. The number of hydrogen-bond acceptors (Lipinski definition) is 4. The summed E-state index contributed by atoms with van der Waals surface area (Å²) in [6.45, 7) is 7.58. The minimum Gasteiger partial charge on any atom is -0.462 e. The van der Waals surface area contributed by atoms with Crippen LogP contribution < -0.4 is 10.6 Å². The Morgan fingerprint density at radius 2 is 2.21 bits per heavy atom. The molecule has 1 aromatic carbocycles. The summed E-state index contributed by atoms with van der Waals surface area (Å²) in [5.74, 6) is 0.346. The first-order valence-corrected chi connectivity index (χ1v) is 6.86. The Morgan fingerprint density at radius 1 is 1.47 bits per heavy atom. The van der Waals surface area contributed by atoms with Crippen LogP contribution in [0.5, 0.6) is 0 Å². The largest absolute Gasteiger partial charge is 0.462 e. The van der Waals surface area contributed by atoms with E-state index in [2.05, 4.69) is 18.7 Å². The van der Waals surface area contributed by atoms with Crippen LogP contribution in [-0.4, -0.2) is 25.2 Å². The molecular formula is C15H22N2O2. The zero-order chi connectivity index (χ0) is 14.0. The molecule has 0 bridgehead atoms. The molecule has 2 atom stereocenters. The van der Waals surface area contributed by atoms with Gasteiger partial charge in [-0.25, -0.2) is 4.79 Å². The monoisotopic (exact) mass is 262 g/mol. The highest BCUT2D eigenvalue weighted by molar-refractivity contribution is 5.97. The minimum absolute atomic E-state index is 0.295. The molecule has 1 heterocycles. The average molecular weight is 262 g/mol. The lowest BCUT2D eigenvalue weighted by molar-refractivity contribution is 0.0527. The fraction of sp³-hybridized carbons (Fsp3) is 0.533. The van der Waals surface area contributed by atoms with Crippen LogP contribution in [0.2, 0.25) is 0 Å². The number of carbonyl (C=O) groups excluding carboxylic acids is 1. The number of carbonyl (C=O) groups is 1. The number of benzene rings is 1. The van der Waals surface area contributed by atoms with Crippen LogP contribution in [0.1, 0.15) is 37.6 Å². The zero-order valence-corrected chi connectivity index (χ0v) is 11.8. The number of hydrogen-bond donors (Lipinski definition) is 1. The minimum atomic E-state index is -0.295. The molecule has 2 N–H and O–H groups in total. The van der Waals surface area contributed by atoms with Crippen molar-refractivity contribution in [2.45, 2.75) is 33.2 Å². The Morgan fingerprint density at radius 3 is 2.79 bits per heavy atom. The number of rotatable bonds is 3. The lowest BCUT2D eigenvalue weighted by Gasteiger charge is -2.26. The van der Waals surface area contributed by atoms with Gasteiger partial charge in [0.2, 0.25) is 0 Å². The molecule has 4 nitrogen and oxygen atoms in total. The first-order chi connectivity index (χ1) is 9.02. The molecule has 104 valence electrons. The van der Waals surface area contributed by atoms with Crippen molar-refractivity contribution in [1.29, 1.82) is 0 Å². The van der Waals surface area contributed by atoms with Crippen LogP contribution in [0.15, 0.2) is 18.2 Å². The summed E-state index contributed by atoms with van der Waals surface area (Å²) in [7, 11) is 0. The van der Waals surface area contributed by atoms with Crippen molar-refractivity contribution in [3.05, 3.63) is 23.8 Å². The van der Waals surface area contributed by atoms with Gasteiger partial charge >= 0.3 is 5.97 Å². The summed E-state index contributed by atoms with van der Waals surface area (Å²) in [5, 5.41) is 0. The first kappa shape index (κ1) is 13.7. The molecule has 0 aliphatic carbocycles. The first-order valence-electron chi connectivity index (χ1n) is 6.86. The molecule has 1 aromatic rings. The molecule has 1 saturated heterocycles. The molecule has 0 amide bonds. The molecule has 0 saturated carbocycles. The van der Waals surface area contributed by atoms with Crippen molar-refractivity contribution in [3.8, 4) is 0 Å². The molecule has 2 rings (SSSR count). The molecule has 4 heteroatoms. The third-order valence-corrected chi connectivity index (χ3v) is 3.61. The van der Waals surface area contributed by atoms with Crippen molar-refractivity contribution in [1.82, 2.24) is 0 Å². The fourth-order valence-corrected chi connectivity index (χ4v) is 2.81. The topological polar surface area (TPSA) is 55.6 Å². The molecule has 19 heavy (non-hydrogen) atoms. The van der Waals surface area contributed by atoms with Crippen molar-refractivity contribution in [2.75, 3.05) is 23.8 Å². The van der Waals surface area contributed by atoms with Crippen molar-refractivity contribution in [2.24, 2.45) is 5.92 Å². The van der Waals surface area contributed by atoms with Gasteiger partial charge in [0, 0.05) is 18.3 Å². The van der Waals surface area contributed by atoms with Gasteiger partial charge in [0.15, 0.2) is 0 Å². The smallest absolute Gasteiger partial charge is 0.340 e. The zero-order valence-electron chi connectivity index (χ0n) is 11.8. The Kier molecular flexibility index (Phi) is 3.98. The van der Waals surface area contributed by atoms with Crippen molar-refractivity contribution >= 4 is 17.3 Å². The maximum absolute atomic E-state index is 12.1. The van der Waals surface area contributed by atoms with E-state index in [1.807, 2.05) is 19.1 Å². The van der Waals surface area contributed by atoms with Gasteiger partial charge in [-0.1, -0.05) is 6.92 Å². The van der Waals surface area contributed by atoms with E-state index in [0.717, 1.165) is 18.7 Å². The molecule has 0 spiro atoms. The second-order valence-corrected chi connectivity index (χ2v) is 5.34. The molecular weight excluding hydrogens is 240 g/mol. The maximum Gasteiger partial charge on any atom is 0.340 e. The lowest BCUT2D eigenvalue weighted by Crippen LogP contribution is -2.28. The quantitative estimate of drug-likeness (QED) is 0.672. The van der Waals surface area contributed by atoms with E-state index in [-0.39, 0.29) is 5.97 Å². The Hall–Kier alpha value is -1.71. The summed E-state index contributed by atoms with van der Waals surface area (Å²) < 4.78 is 5.12. The number of nitrogens with zero attached hydrogens (tertiary/aromatic N) is 1. The van der Waals surface area contributed by atoms with E-state index < -0.39 is 0 Å². The van der Waals surface area contributed by atoms with Crippen LogP contribution in [0, 0.1) is 5.92 Å². The van der Waals surface area contributed by atoms with Gasteiger partial charge in [-0.3, -0.25) is 0 Å². The number of ether oxygens (including phenoxy) is 1. The standard InChI is InChI=1S/C15H22N2O2/c1-4-19-15(18)13-8-12(16)5-6-14(13)17-9-10(2)7-11(17)3/h5-6,8,10-11H,4,7,9,16H2,1-3H3. The van der Waals surface area contributed by atoms with Crippen molar-refractivity contribution < 1.29 is 9.53 Å². The highest BCUT2D eigenvalue weighted by Gasteiger charge is 2.29. The molecule has 1 fully saturated rings. The highest BCUT2D eigenvalue weighted by Crippen LogP contribution is 2.32. The molecule has 0 aromatic heterocycles. The maximum atomic E-state index is 12.1. The van der Waals surface area contributed by atoms with Gasteiger partial charge in [0.1, 0.15) is 0 Å². The van der Waals surface area contributed by atoms with Gasteiger partial charge in [-0.2, -0.15) is 0 Å². The van der Waals surface area contributed by atoms with Crippen molar-refractivity contribution in [3.63, 3.8) is 0 Å². The summed E-state index contributed by atoms with van der Waals surface area (Å²) in [6.07, 6.45) is 1.15. The molecule has 1 aliphatic heterocycles. The van der Waals surface area contributed by atoms with Gasteiger partial charge < -0.3 is 15.4 Å². The van der Waals surface area contributed by atoms with Gasteiger partial charge in [0.05, 0.1) is 17.9 Å². The fourth-order valence-electron chi connectivity index (χ4n) is 2.81. The SMILES string of the molecule is CCOC(=O)c1cc(N)ccc1N1CC(C)CC1C. The molecule has 2 unspecified atom stereocenters. The molecule has 0 radical (unpaired) electrons. The van der Waals surface area contributed by atoms with Gasteiger partial charge in [0.25, 0.3) is 0 Å². The number of nitrogens with two attached hydrogens (primary N) is 1. The second-order valence-electron chi connectivity index (χ2n) is 5.34. The van der Waals surface area contributed by atoms with Crippen LogP contribution in [0.3, 0.4) is 0 Å². The van der Waals surface area contributed by atoms with E-state index in [4.69, 9.17) is 10.5 Å². The third kappa shape index (κ3) is 2.83. The number of anilines is 2. The van der Waals surface area contributed by atoms with Gasteiger partial charge in [-0.15, -0.1) is 0 Å². The van der Waals surface area contributed by atoms with E-state index in [1.54, 1.807) is 6.07 Å². The van der Waals surface area contributed by atoms with Crippen LogP contribution >= 0.6 is 0 Å². The van der Waals surface area contributed by atoms with Gasteiger partial charge in [-0.05, 0) is 44.4 Å². The number of esters is 1. The van der Waals surface area contributed by atoms with E-state index in [9.17, 15) is 4.79 Å². The van der Waals surface area contributed by atoms with Crippen LogP contribution in [0.4, 0.5) is 11.4 Å². The number of nitrogen functional groups attached to an aromatic ring is 1. The van der Waals surface area contributed by atoms with E-state index in [0.29, 0.717) is 29.8 Å². The summed E-state index contributed by atoms with van der Waals surface area (Å²) in [6, 6.07) is 5.92.